The van der Waals surface area contributed by atoms with Crippen molar-refractivity contribution in [1.29, 1.82) is 0 Å². The lowest BCUT2D eigenvalue weighted by atomic mass is 9.94. The minimum Gasteiger partial charge on any atom is -0.491 e. The molecular weight excluding hydrogens is 304 g/mol. The Morgan fingerprint density at radius 2 is 1.92 bits per heavy atom. The third-order valence-corrected chi connectivity index (χ3v) is 4.46. The maximum atomic E-state index is 12.7. The first-order chi connectivity index (χ1) is 11.6. The molecule has 24 heavy (non-hydrogen) atoms. The van der Waals surface area contributed by atoms with Crippen LogP contribution in [0.1, 0.15) is 22.8 Å². The largest absolute Gasteiger partial charge is 0.491 e. The average Bonchev–Trinajstić information content (AvgIpc) is 2.60. The molecule has 5 nitrogen and oxygen atoms in total. The smallest absolute Gasteiger partial charge is 0.257 e. The zero-order chi connectivity index (χ0) is 17.2. The zero-order valence-corrected chi connectivity index (χ0v) is 14.2. The number of carbonyl (C=O) groups excluding carboxylic acids is 1. The summed E-state index contributed by atoms with van der Waals surface area (Å²) in [7, 11) is 3.45. The van der Waals surface area contributed by atoms with Crippen LogP contribution in [-0.2, 0) is 10.4 Å². The van der Waals surface area contributed by atoms with E-state index in [0.717, 1.165) is 17.0 Å². The Balaban J connectivity index is 1.93. The van der Waals surface area contributed by atoms with Crippen LogP contribution in [0.15, 0.2) is 48.5 Å². The molecule has 1 amide bonds. The molecule has 0 aromatic heterocycles. The molecule has 0 fully saturated rings. The van der Waals surface area contributed by atoms with E-state index in [9.17, 15) is 4.79 Å². The lowest BCUT2D eigenvalue weighted by Crippen LogP contribution is -2.53. The highest BCUT2D eigenvalue weighted by atomic mass is 16.5. The van der Waals surface area contributed by atoms with Gasteiger partial charge >= 0.3 is 0 Å². The van der Waals surface area contributed by atoms with Crippen LogP contribution in [0.4, 0.5) is 5.69 Å². The normalized spacial score (nSPS) is 19.6. The number of hydrogen-bond acceptors (Lipinski definition) is 4. The second-order valence-corrected chi connectivity index (χ2v) is 5.98. The van der Waals surface area contributed by atoms with Crippen LogP contribution in [0, 0.1) is 0 Å². The van der Waals surface area contributed by atoms with Gasteiger partial charge < -0.3 is 19.7 Å². The fourth-order valence-corrected chi connectivity index (χ4v) is 2.91. The number of rotatable bonds is 5. The van der Waals surface area contributed by atoms with Gasteiger partial charge in [0.05, 0.1) is 12.2 Å². The number of ether oxygens (including phenoxy) is 2. The molecular formula is C19H22N2O3. The number of carbonyl (C=O) groups is 1. The Bertz CT molecular complexity index is 747. The number of anilines is 1. The number of nitrogens with zero attached hydrogens (tertiary/aromatic N) is 1. The molecule has 1 aliphatic rings. The molecule has 1 heterocycles. The van der Waals surface area contributed by atoms with Gasteiger partial charge in [0, 0.05) is 25.4 Å². The number of nitrogens with one attached hydrogen (secondary N) is 1. The molecule has 2 aromatic rings. The minimum atomic E-state index is -0.647. The average molecular weight is 326 g/mol. The molecule has 2 aromatic carbocycles. The van der Waals surface area contributed by atoms with Gasteiger partial charge in [-0.05, 0) is 31.2 Å². The highest BCUT2D eigenvalue weighted by Gasteiger charge is 2.40. The summed E-state index contributed by atoms with van der Waals surface area (Å²) < 4.78 is 10.7. The standard InChI is InChI=1S/C19H22N2O3/c1-19(14-7-6-8-15(13-14)24-12-11-23-3)20-17-10-5-4-9-16(17)18(22)21(19)2/h4-10,13,20H,11-12H2,1-3H3. The fourth-order valence-electron chi connectivity index (χ4n) is 2.91. The predicted molar refractivity (Wildman–Crippen MR) is 93.3 cm³/mol. The summed E-state index contributed by atoms with van der Waals surface area (Å²) in [4.78, 5) is 14.5. The highest BCUT2D eigenvalue weighted by Crippen LogP contribution is 2.37. The number of hydrogen-bond donors (Lipinski definition) is 1. The first kappa shape index (κ1) is 16.3. The minimum absolute atomic E-state index is 0.00226. The van der Waals surface area contributed by atoms with Crippen molar-refractivity contribution in [3.05, 3.63) is 59.7 Å². The van der Waals surface area contributed by atoms with Crippen LogP contribution in [0.25, 0.3) is 0 Å². The SMILES string of the molecule is COCCOc1cccc(C2(C)Nc3ccccc3C(=O)N2C)c1. The lowest BCUT2D eigenvalue weighted by molar-refractivity contribution is 0.0615. The molecule has 1 N–H and O–H groups in total. The summed E-state index contributed by atoms with van der Waals surface area (Å²) in [5.74, 6) is 0.754. The highest BCUT2D eigenvalue weighted by molar-refractivity contribution is 6.02. The maximum Gasteiger partial charge on any atom is 0.257 e. The van der Waals surface area contributed by atoms with Crippen molar-refractivity contribution in [1.82, 2.24) is 4.90 Å². The van der Waals surface area contributed by atoms with Crippen molar-refractivity contribution in [3.8, 4) is 5.75 Å². The van der Waals surface area contributed by atoms with Gasteiger partial charge in [-0.25, -0.2) is 0 Å². The Morgan fingerprint density at radius 3 is 2.71 bits per heavy atom. The molecule has 3 rings (SSSR count). The molecule has 5 heteroatoms. The van der Waals surface area contributed by atoms with Crippen LogP contribution >= 0.6 is 0 Å². The number of benzene rings is 2. The van der Waals surface area contributed by atoms with Crippen molar-refractivity contribution >= 4 is 11.6 Å². The van der Waals surface area contributed by atoms with E-state index in [0.29, 0.717) is 18.8 Å². The maximum absolute atomic E-state index is 12.7. The van der Waals surface area contributed by atoms with Crippen molar-refractivity contribution in [2.75, 3.05) is 32.7 Å². The van der Waals surface area contributed by atoms with E-state index < -0.39 is 5.66 Å². The number of fused-ring (bicyclic) bond motifs is 1. The van der Waals surface area contributed by atoms with Gasteiger partial charge in [0.25, 0.3) is 5.91 Å². The quantitative estimate of drug-likeness (QED) is 0.858. The molecule has 1 atom stereocenters. The second-order valence-electron chi connectivity index (χ2n) is 5.98. The van der Waals surface area contributed by atoms with Crippen molar-refractivity contribution in [3.63, 3.8) is 0 Å². The summed E-state index contributed by atoms with van der Waals surface area (Å²) in [6, 6.07) is 15.4. The Hall–Kier alpha value is -2.53. The third kappa shape index (κ3) is 2.83. The molecule has 126 valence electrons. The number of amides is 1. The second kappa shape index (κ2) is 6.53. The lowest BCUT2D eigenvalue weighted by Gasteiger charge is -2.44. The van der Waals surface area contributed by atoms with Gasteiger partial charge in [-0.1, -0.05) is 24.3 Å². The van der Waals surface area contributed by atoms with Crippen LogP contribution in [-0.4, -0.2) is 38.2 Å². The van der Waals surface area contributed by atoms with Crippen molar-refractivity contribution < 1.29 is 14.3 Å². The molecule has 0 spiro atoms. The van der Waals surface area contributed by atoms with Gasteiger partial charge in [-0.3, -0.25) is 4.79 Å². The molecule has 0 aliphatic carbocycles. The molecule has 0 saturated heterocycles. The van der Waals surface area contributed by atoms with Gasteiger partial charge in [0.1, 0.15) is 18.0 Å². The topological polar surface area (TPSA) is 50.8 Å². The van der Waals surface area contributed by atoms with Crippen LogP contribution < -0.4 is 10.1 Å². The first-order valence-electron chi connectivity index (χ1n) is 7.94. The van der Waals surface area contributed by atoms with Crippen molar-refractivity contribution in [2.45, 2.75) is 12.6 Å². The Morgan fingerprint density at radius 1 is 1.12 bits per heavy atom. The predicted octanol–water partition coefficient (Wildman–Crippen LogP) is 3.08. The summed E-state index contributed by atoms with van der Waals surface area (Å²) in [5, 5.41) is 3.49. The van der Waals surface area contributed by atoms with Gasteiger partial charge in [-0.15, -0.1) is 0 Å². The molecule has 0 saturated carbocycles. The summed E-state index contributed by atoms with van der Waals surface area (Å²) in [6.07, 6.45) is 0. The van der Waals surface area contributed by atoms with Crippen LogP contribution in [0.2, 0.25) is 0 Å². The van der Waals surface area contributed by atoms with E-state index in [1.807, 2.05) is 62.5 Å². The van der Waals surface area contributed by atoms with E-state index in [1.165, 1.54) is 0 Å². The zero-order valence-electron chi connectivity index (χ0n) is 14.2. The summed E-state index contributed by atoms with van der Waals surface area (Å²) in [5.41, 5.74) is 1.84. The third-order valence-electron chi connectivity index (χ3n) is 4.46. The first-order valence-corrected chi connectivity index (χ1v) is 7.94. The van der Waals surface area contributed by atoms with E-state index in [2.05, 4.69) is 5.32 Å². The van der Waals surface area contributed by atoms with E-state index in [-0.39, 0.29) is 5.91 Å². The Kier molecular flexibility index (Phi) is 4.44. The van der Waals surface area contributed by atoms with E-state index >= 15 is 0 Å². The fraction of sp³-hybridized carbons (Fsp3) is 0.316. The van der Waals surface area contributed by atoms with Crippen LogP contribution in [0.5, 0.6) is 5.75 Å². The number of methoxy groups -OCH3 is 1. The van der Waals surface area contributed by atoms with Crippen molar-refractivity contribution in [2.24, 2.45) is 0 Å². The molecule has 0 bridgehead atoms. The molecule has 1 aliphatic heterocycles. The molecule has 1 unspecified atom stereocenters. The monoisotopic (exact) mass is 326 g/mol. The molecule has 0 radical (unpaired) electrons. The number of para-hydroxylation sites is 1. The Labute approximate surface area is 142 Å². The van der Waals surface area contributed by atoms with Gasteiger partial charge in [0.15, 0.2) is 0 Å². The summed E-state index contributed by atoms with van der Waals surface area (Å²) >= 11 is 0. The van der Waals surface area contributed by atoms with E-state index in [1.54, 1.807) is 12.0 Å². The van der Waals surface area contributed by atoms with Crippen LogP contribution in [0.3, 0.4) is 0 Å². The van der Waals surface area contributed by atoms with E-state index in [4.69, 9.17) is 9.47 Å². The van der Waals surface area contributed by atoms with Gasteiger partial charge in [-0.2, -0.15) is 0 Å². The van der Waals surface area contributed by atoms with Gasteiger partial charge in [0.2, 0.25) is 0 Å². The summed E-state index contributed by atoms with van der Waals surface area (Å²) in [6.45, 7) is 3.02.